The van der Waals surface area contributed by atoms with E-state index in [-0.39, 0.29) is 18.4 Å². The molecule has 0 spiro atoms. The summed E-state index contributed by atoms with van der Waals surface area (Å²) in [5.41, 5.74) is 4.96. The second-order valence-electron chi connectivity index (χ2n) is 8.63. The highest BCUT2D eigenvalue weighted by molar-refractivity contribution is 6.33. The quantitative estimate of drug-likeness (QED) is 0.345. The van der Waals surface area contributed by atoms with E-state index in [1.165, 1.54) is 11.1 Å². The fourth-order valence-electron chi connectivity index (χ4n) is 4.05. The summed E-state index contributed by atoms with van der Waals surface area (Å²) in [6.45, 7) is 6.76. The molecular weight excluding hydrogens is 418 g/mol. The van der Waals surface area contributed by atoms with E-state index in [1.54, 1.807) is 12.1 Å². The summed E-state index contributed by atoms with van der Waals surface area (Å²) in [5.74, 6) is 1.40. The lowest BCUT2D eigenvalue weighted by atomic mass is 9.96. The van der Waals surface area contributed by atoms with Crippen molar-refractivity contribution >= 4 is 34.2 Å². The maximum Gasteiger partial charge on any atom is 0.244 e. The predicted octanol–water partition coefficient (Wildman–Crippen LogP) is 6.68. The van der Waals surface area contributed by atoms with Gasteiger partial charge in [0.05, 0.1) is 21.7 Å². The van der Waals surface area contributed by atoms with Gasteiger partial charge in [-0.2, -0.15) is 0 Å². The molecule has 3 aromatic carbocycles. The van der Waals surface area contributed by atoms with Crippen molar-refractivity contribution in [2.45, 2.75) is 39.7 Å². The number of halogens is 1. The molecule has 1 N–H and O–H groups in total. The number of amides is 1. The number of fused-ring (bicyclic) bond motifs is 1. The number of benzene rings is 3. The third-order valence-corrected chi connectivity index (χ3v) is 5.97. The minimum absolute atomic E-state index is 0.0450. The number of aromatic nitrogens is 2. The van der Waals surface area contributed by atoms with Crippen LogP contribution in [0.2, 0.25) is 5.02 Å². The van der Waals surface area contributed by atoms with Gasteiger partial charge in [0, 0.05) is 5.92 Å². The predicted molar refractivity (Wildman–Crippen MR) is 132 cm³/mol. The van der Waals surface area contributed by atoms with Crippen LogP contribution in [0.25, 0.3) is 11.0 Å². The molecule has 0 aliphatic rings. The molecule has 0 saturated carbocycles. The Kier molecular flexibility index (Phi) is 6.61. The van der Waals surface area contributed by atoms with E-state index in [4.69, 9.17) is 16.6 Å². The van der Waals surface area contributed by atoms with Gasteiger partial charge in [0.1, 0.15) is 12.4 Å². The second kappa shape index (κ2) is 9.58. The highest BCUT2D eigenvalue weighted by Gasteiger charge is 2.20. The van der Waals surface area contributed by atoms with E-state index in [0.717, 1.165) is 23.3 Å². The summed E-state index contributed by atoms with van der Waals surface area (Å²) in [6, 6.07) is 23.9. The van der Waals surface area contributed by atoms with Crippen molar-refractivity contribution in [3.05, 3.63) is 94.8 Å². The number of rotatable bonds is 7. The number of nitrogens with zero attached hydrogens (tertiary/aromatic N) is 2. The molecule has 4 aromatic rings. The Morgan fingerprint density at radius 2 is 1.66 bits per heavy atom. The monoisotopic (exact) mass is 445 g/mol. The molecule has 0 bridgehead atoms. The first kappa shape index (κ1) is 22.1. The number of imidazole rings is 1. The summed E-state index contributed by atoms with van der Waals surface area (Å²) in [4.78, 5) is 17.8. The largest absolute Gasteiger partial charge is 0.323 e. The molecule has 0 radical (unpaired) electrons. The lowest BCUT2D eigenvalue weighted by Crippen LogP contribution is -2.21. The smallest absolute Gasteiger partial charge is 0.244 e. The second-order valence-corrected chi connectivity index (χ2v) is 9.04. The number of hydrogen-bond donors (Lipinski definition) is 1. The van der Waals surface area contributed by atoms with Crippen molar-refractivity contribution in [3.63, 3.8) is 0 Å². The Balaban J connectivity index is 1.64. The van der Waals surface area contributed by atoms with Crippen LogP contribution in [-0.2, 0) is 17.8 Å². The third kappa shape index (κ3) is 4.86. The topological polar surface area (TPSA) is 46.9 Å². The van der Waals surface area contributed by atoms with Crippen LogP contribution in [0, 0.1) is 5.92 Å². The van der Waals surface area contributed by atoms with Crippen LogP contribution >= 0.6 is 11.6 Å². The van der Waals surface area contributed by atoms with Crippen LogP contribution in [0.5, 0.6) is 0 Å². The molecule has 4 nitrogen and oxygen atoms in total. The van der Waals surface area contributed by atoms with Crippen molar-refractivity contribution in [3.8, 4) is 0 Å². The van der Waals surface area contributed by atoms with E-state index >= 15 is 0 Å². The standard InChI is InChI=1S/C27H28ClN3O/c1-18(2)16-20-12-14-21(15-13-20)19(3)27-30-24-10-6-7-11-25(24)31(27)17-26(32)29-23-9-5-4-8-22(23)28/h4-15,18-19H,16-17H2,1-3H3,(H,29,32). The third-order valence-electron chi connectivity index (χ3n) is 5.64. The molecule has 1 unspecified atom stereocenters. The van der Waals surface area contributed by atoms with Gasteiger partial charge in [0.25, 0.3) is 0 Å². The fourth-order valence-corrected chi connectivity index (χ4v) is 4.23. The average Bonchev–Trinajstić information content (AvgIpc) is 3.13. The van der Waals surface area contributed by atoms with Gasteiger partial charge in [-0.3, -0.25) is 4.79 Å². The molecule has 0 fully saturated rings. The van der Waals surface area contributed by atoms with Gasteiger partial charge in [-0.25, -0.2) is 4.98 Å². The lowest BCUT2D eigenvalue weighted by molar-refractivity contribution is -0.116. The lowest BCUT2D eigenvalue weighted by Gasteiger charge is -2.16. The highest BCUT2D eigenvalue weighted by atomic mass is 35.5. The molecule has 5 heteroatoms. The Labute approximate surface area is 194 Å². The van der Waals surface area contributed by atoms with Crippen molar-refractivity contribution < 1.29 is 4.79 Å². The Morgan fingerprint density at radius 1 is 0.969 bits per heavy atom. The zero-order valence-electron chi connectivity index (χ0n) is 18.7. The normalized spacial score (nSPS) is 12.3. The first-order chi connectivity index (χ1) is 15.4. The van der Waals surface area contributed by atoms with Crippen LogP contribution in [0.3, 0.4) is 0 Å². The zero-order chi connectivity index (χ0) is 22.7. The zero-order valence-corrected chi connectivity index (χ0v) is 19.4. The minimum Gasteiger partial charge on any atom is -0.323 e. The molecule has 1 heterocycles. The summed E-state index contributed by atoms with van der Waals surface area (Å²) in [5, 5.41) is 3.45. The molecule has 4 rings (SSSR count). The van der Waals surface area contributed by atoms with Gasteiger partial charge in [0.2, 0.25) is 5.91 Å². The molecule has 0 aliphatic heterocycles. The van der Waals surface area contributed by atoms with Gasteiger partial charge in [-0.15, -0.1) is 0 Å². The van der Waals surface area contributed by atoms with Crippen LogP contribution in [-0.4, -0.2) is 15.5 Å². The summed E-state index contributed by atoms with van der Waals surface area (Å²) in [6.07, 6.45) is 1.06. The van der Waals surface area contributed by atoms with Gasteiger partial charge in [-0.05, 0) is 47.7 Å². The summed E-state index contributed by atoms with van der Waals surface area (Å²) >= 11 is 6.22. The Hall–Kier alpha value is -3.11. The highest BCUT2D eigenvalue weighted by Crippen LogP contribution is 2.28. The maximum absolute atomic E-state index is 12.9. The van der Waals surface area contributed by atoms with Crippen LogP contribution in [0.1, 0.15) is 43.6 Å². The Bertz CT molecular complexity index is 1230. The molecule has 0 aliphatic carbocycles. The molecule has 164 valence electrons. The van der Waals surface area contributed by atoms with Gasteiger partial charge in [-0.1, -0.05) is 80.9 Å². The molecule has 32 heavy (non-hydrogen) atoms. The van der Waals surface area contributed by atoms with Crippen LogP contribution < -0.4 is 5.32 Å². The van der Waals surface area contributed by atoms with E-state index in [2.05, 4.69) is 50.4 Å². The molecule has 0 saturated heterocycles. The Morgan fingerprint density at radius 3 is 2.38 bits per heavy atom. The van der Waals surface area contributed by atoms with Gasteiger partial charge in [0.15, 0.2) is 0 Å². The van der Waals surface area contributed by atoms with Gasteiger partial charge >= 0.3 is 0 Å². The summed E-state index contributed by atoms with van der Waals surface area (Å²) in [7, 11) is 0. The molecule has 1 amide bonds. The molecular formula is C27H28ClN3O. The number of carbonyl (C=O) groups excluding carboxylic acids is 1. The average molecular weight is 446 g/mol. The van der Waals surface area contributed by atoms with Gasteiger partial charge < -0.3 is 9.88 Å². The van der Waals surface area contributed by atoms with Crippen LogP contribution in [0.15, 0.2) is 72.8 Å². The number of hydrogen-bond acceptors (Lipinski definition) is 2. The van der Waals surface area contributed by atoms with E-state index in [0.29, 0.717) is 16.6 Å². The van der Waals surface area contributed by atoms with Crippen LogP contribution in [0.4, 0.5) is 5.69 Å². The summed E-state index contributed by atoms with van der Waals surface area (Å²) < 4.78 is 2.01. The maximum atomic E-state index is 12.9. The fraction of sp³-hybridized carbons (Fsp3) is 0.259. The first-order valence-corrected chi connectivity index (χ1v) is 11.4. The van der Waals surface area contributed by atoms with E-state index in [9.17, 15) is 4.79 Å². The SMILES string of the molecule is CC(C)Cc1ccc(C(C)c2nc3ccccc3n2CC(=O)Nc2ccccc2Cl)cc1. The van der Waals surface area contributed by atoms with Crippen molar-refractivity contribution in [1.82, 2.24) is 9.55 Å². The van der Waals surface area contributed by atoms with Crippen molar-refractivity contribution in [1.29, 1.82) is 0 Å². The number of para-hydroxylation sites is 3. The minimum atomic E-state index is -0.137. The number of anilines is 1. The van der Waals surface area contributed by atoms with E-state index < -0.39 is 0 Å². The molecule has 1 aromatic heterocycles. The number of nitrogens with one attached hydrogen (secondary N) is 1. The first-order valence-electron chi connectivity index (χ1n) is 11.0. The molecule has 1 atom stereocenters. The van der Waals surface area contributed by atoms with Crippen molar-refractivity contribution in [2.75, 3.05) is 5.32 Å². The van der Waals surface area contributed by atoms with Crippen molar-refractivity contribution in [2.24, 2.45) is 5.92 Å². The number of carbonyl (C=O) groups is 1. The van der Waals surface area contributed by atoms with E-state index in [1.807, 2.05) is 41.0 Å².